The van der Waals surface area contributed by atoms with Crippen LogP contribution >= 0.6 is 0 Å². The predicted octanol–water partition coefficient (Wildman–Crippen LogP) is 4.42. The number of carbonyl (C=O) groups excluding carboxylic acids is 2. The summed E-state index contributed by atoms with van der Waals surface area (Å²) in [4.78, 5) is 28.7. The minimum absolute atomic E-state index is 0.105. The fourth-order valence-electron chi connectivity index (χ4n) is 5.22. The zero-order chi connectivity index (χ0) is 27.1. The van der Waals surface area contributed by atoms with Gasteiger partial charge in [0.05, 0.1) is 31.1 Å². The molecule has 38 heavy (non-hydrogen) atoms. The van der Waals surface area contributed by atoms with Crippen molar-refractivity contribution in [2.24, 2.45) is 0 Å². The van der Waals surface area contributed by atoms with Gasteiger partial charge in [0, 0.05) is 56.7 Å². The van der Waals surface area contributed by atoms with E-state index in [1.165, 1.54) is 21.9 Å². The van der Waals surface area contributed by atoms with Crippen molar-refractivity contribution >= 4 is 28.9 Å². The van der Waals surface area contributed by atoms with Gasteiger partial charge in [0.2, 0.25) is 5.91 Å². The molecule has 3 aliphatic rings. The number of nitrogens with zero attached hydrogens (tertiary/aromatic N) is 2. The quantitative estimate of drug-likeness (QED) is 0.570. The summed E-state index contributed by atoms with van der Waals surface area (Å²) in [6, 6.07) is 8.32. The van der Waals surface area contributed by atoms with Crippen molar-refractivity contribution in [3.8, 4) is 5.75 Å². The van der Waals surface area contributed by atoms with Crippen molar-refractivity contribution in [3.05, 3.63) is 59.2 Å². The summed E-state index contributed by atoms with van der Waals surface area (Å²) in [6.45, 7) is 1.27. The van der Waals surface area contributed by atoms with E-state index in [1.54, 1.807) is 19.2 Å². The van der Waals surface area contributed by atoms with E-state index < -0.39 is 23.2 Å². The van der Waals surface area contributed by atoms with Gasteiger partial charge in [0.15, 0.2) is 0 Å². The molecule has 2 aromatic rings. The SMILES string of the molecule is CN1C(=O)N(CCO)Cc2ccc(NC(=O)/C=C3\CC4(CCOCC4)Oc4cc(C(F)(F)F)ccc43)cc21. The summed E-state index contributed by atoms with van der Waals surface area (Å²) in [7, 11) is 1.62. The summed E-state index contributed by atoms with van der Waals surface area (Å²) in [5, 5.41) is 12.0. The first-order valence-corrected chi connectivity index (χ1v) is 12.3. The first-order valence-electron chi connectivity index (χ1n) is 12.3. The number of β-amino-alcohol motifs (C(OH)–C–C–N with tert-alkyl or cyclic N) is 1. The molecule has 1 saturated heterocycles. The average molecular weight is 532 g/mol. The number of nitrogens with one attached hydrogen (secondary N) is 1. The van der Waals surface area contributed by atoms with Crippen LogP contribution in [0, 0.1) is 0 Å². The molecule has 202 valence electrons. The number of hydrogen-bond acceptors (Lipinski definition) is 5. The lowest BCUT2D eigenvalue weighted by molar-refractivity contribution is -0.138. The highest BCUT2D eigenvalue weighted by molar-refractivity contribution is 6.05. The van der Waals surface area contributed by atoms with Crippen molar-refractivity contribution in [3.63, 3.8) is 0 Å². The number of aliphatic hydroxyl groups is 1. The third kappa shape index (κ3) is 5.08. The molecule has 0 radical (unpaired) electrons. The number of ether oxygens (including phenoxy) is 2. The molecule has 3 aliphatic heterocycles. The van der Waals surface area contributed by atoms with Crippen LogP contribution in [0.15, 0.2) is 42.5 Å². The van der Waals surface area contributed by atoms with Gasteiger partial charge in [-0.2, -0.15) is 13.2 Å². The van der Waals surface area contributed by atoms with E-state index in [0.29, 0.717) is 61.5 Å². The van der Waals surface area contributed by atoms with Crippen molar-refractivity contribution in [2.75, 3.05) is 43.6 Å². The maximum atomic E-state index is 13.4. The number of amides is 3. The zero-order valence-electron chi connectivity index (χ0n) is 20.8. The molecular formula is C27H28F3N3O5. The Morgan fingerprint density at radius 1 is 1.18 bits per heavy atom. The number of carbonyl (C=O) groups is 2. The lowest BCUT2D eigenvalue weighted by Gasteiger charge is -2.42. The molecule has 0 aliphatic carbocycles. The second-order valence-electron chi connectivity index (χ2n) is 9.77. The van der Waals surface area contributed by atoms with Gasteiger partial charge in [0.1, 0.15) is 11.4 Å². The van der Waals surface area contributed by atoms with Crippen molar-refractivity contribution in [1.82, 2.24) is 4.90 Å². The molecule has 0 unspecified atom stereocenters. The Morgan fingerprint density at radius 2 is 1.95 bits per heavy atom. The Labute approximate surface area is 217 Å². The summed E-state index contributed by atoms with van der Waals surface area (Å²) < 4.78 is 51.7. The fourth-order valence-corrected chi connectivity index (χ4v) is 5.22. The lowest BCUT2D eigenvalue weighted by atomic mass is 9.81. The van der Waals surface area contributed by atoms with Crippen LogP contribution < -0.4 is 15.0 Å². The van der Waals surface area contributed by atoms with Gasteiger partial charge in [-0.25, -0.2) is 4.79 Å². The van der Waals surface area contributed by atoms with E-state index in [0.717, 1.165) is 17.7 Å². The van der Waals surface area contributed by atoms with Crippen LogP contribution in [-0.4, -0.2) is 61.0 Å². The highest BCUT2D eigenvalue weighted by Gasteiger charge is 2.41. The molecule has 1 spiro atoms. The van der Waals surface area contributed by atoms with Crippen molar-refractivity contribution in [1.29, 1.82) is 0 Å². The Kier molecular flexibility index (Phi) is 6.83. The van der Waals surface area contributed by atoms with E-state index in [2.05, 4.69) is 5.32 Å². The largest absolute Gasteiger partial charge is 0.486 e. The molecule has 3 amide bonds. The second-order valence-corrected chi connectivity index (χ2v) is 9.77. The molecule has 5 rings (SSSR count). The number of aliphatic hydroxyl groups excluding tert-OH is 1. The molecule has 0 bridgehead atoms. The predicted molar refractivity (Wildman–Crippen MR) is 134 cm³/mol. The van der Waals surface area contributed by atoms with Gasteiger partial charge in [-0.05, 0) is 35.4 Å². The summed E-state index contributed by atoms with van der Waals surface area (Å²) in [5.41, 5.74) is 1.48. The normalized spacial score (nSPS) is 19.7. The van der Waals surface area contributed by atoms with Gasteiger partial charge in [-0.1, -0.05) is 12.1 Å². The Hall–Kier alpha value is -3.57. The minimum atomic E-state index is -4.52. The number of urea groups is 1. The summed E-state index contributed by atoms with van der Waals surface area (Å²) in [5.74, 6) is -0.338. The van der Waals surface area contributed by atoms with Gasteiger partial charge >= 0.3 is 12.2 Å². The van der Waals surface area contributed by atoms with Crippen LogP contribution in [0.5, 0.6) is 5.75 Å². The monoisotopic (exact) mass is 531 g/mol. The van der Waals surface area contributed by atoms with E-state index in [1.807, 2.05) is 6.07 Å². The zero-order valence-corrected chi connectivity index (χ0v) is 20.8. The van der Waals surface area contributed by atoms with Crippen LogP contribution in [0.3, 0.4) is 0 Å². The molecule has 0 saturated carbocycles. The topological polar surface area (TPSA) is 91.3 Å². The first kappa shape index (κ1) is 26.1. The lowest BCUT2D eigenvalue weighted by Crippen LogP contribution is -2.46. The minimum Gasteiger partial charge on any atom is -0.486 e. The highest BCUT2D eigenvalue weighted by atomic mass is 19.4. The van der Waals surface area contributed by atoms with Crippen LogP contribution in [-0.2, 0) is 22.3 Å². The summed E-state index contributed by atoms with van der Waals surface area (Å²) >= 11 is 0. The molecule has 2 N–H and O–H groups in total. The number of halogens is 3. The van der Waals surface area contributed by atoms with Crippen LogP contribution in [0.4, 0.5) is 29.3 Å². The number of hydrogen-bond donors (Lipinski definition) is 2. The van der Waals surface area contributed by atoms with E-state index >= 15 is 0 Å². The van der Waals surface area contributed by atoms with Crippen LogP contribution in [0.2, 0.25) is 0 Å². The number of fused-ring (bicyclic) bond motifs is 2. The van der Waals surface area contributed by atoms with Crippen molar-refractivity contribution < 1.29 is 37.3 Å². The fraction of sp³-hybridized carbons (Fsp3) is 0.407. The highest BCUT2D eigenvalue weighted by Crippen LogP contribution is 2.46. The maximum Gasteiger partial charge on any atom is 0.416 e. The van der Waals surface area contributed by atoms with Gasteiger partial charge in [-0.3, -0.25) is 9.69 Å². The second kappa shape index (κ2) is 9.95. The molecular weight excluding hydrogens is 503 g/mol. The molecule has 3 heterocycles. The summed E-state index contributed by atoms with van der Waals surface area (Å²) in [6.07, 6.45) is -1.75. The van der Waals surface area contributed by atoms with E-state index in [4.69, 9.17) is 9.47 Å². The van der Waals surface area contributed by atoms with E-state index in [-0.39, 0.29) is 24.9 Å². The van der Waals surface area contributed by atoms with Crippen LogP contribution in [0.25, 0.3) is 5.57 Å². The van der Waals surface area contributed by atoms with Crippen LogP contribution in [0.1, 0.15) is 36.0 Å². The third-order valence-corrected chi connectivity index (χ3v) is 7.21. The van der Waals surface area contributed by atoms with Gasteiger partial charge in [-0.15, -0.1) is 0 Å². The Morgan fingerprint density at radius 3 is 2.66 bits per heavy atom. The molecule has 2 aromatic carbocycles. The van der Waals surface area contributed by atoms with Gasteiger partial charge < -0.3 is 24.8 Å². The Bertz CT molecular complexity index is 1290. The molecule has 1 fully saturated rings. The Balaban J connectivity index is 1.42. The van der Waals surface area contributed by atoms with Crippen molar-refractivity contribution in [2.45, 2.75) is 37.6 Å². The molecule has 0 atom stereocenters. The molecule has 0 aromatic heterocycles. The standard InChI is InChI=1S/C27H28F3N3O5/c1-32-22-14-20(4-2-17(22)16-33(8-9-34)25(32)36)31-24(35)12-18-15-26(6-10-37-11-7-26)38-23-13-19(27(28,29)30)3-5-21(18)23/h2-5,12-14,34H,6-11,15-16H2,1H3,(H,31,35)/b18-12+. The average Bonchev–Trinajstić information content (AvgIpc) is 2.87. The molecule has 11 heteroatoms. The smallest absolute Gasteiger partial charge is 0.416 e. The molecule has 8 nitrogen and oxygen atoms in total. The first-order chi connectivity index (χ1) is 18.1. The number of rotatable bonds is 4. The van der Waals surface area contributed by atoms with E-state index in [9.17, 15) is 27.9 Å². The number of alkyl halides is 3. The number of anilines is 2. The maximum absolute atomic E-state index is 13.4. The number of benzene rings is 2. The third-order valence-electron chi connectivity index (χ3n) is 7.21. The van der Waals surface area contributed by atoms with Gasteiger partial charge in [0.25, 0.3) is 0 Å².